The summed E-state index contributed by atoms with van der Waals surface area (Å²) >= 11 is 0. The fraction of sp³-hybridized carbons (Fsp3) is 0.333. The van der Waals surface area contributed by atoms with E-state index < -0.39 is 18.1 Å². The number of amides is 1. The number of ether oxygens (including phenoxy) is 1. The number of aromatic nitrogens is 3. The van der Waals surface area contributed by atoms with E-state index in [1.54, 1.807) is 48.3 Å². The summed E-state index contributed by atoms with van der Waals surface area (Å²) in [6, 6.07) is 8.97. The number of nitrogens with one attached hydrogen (secondary N) is 1. The highest BCUT2D eigenvalue weighted by Gasteiger charge is 2.28. The molecule has 2 unspecified atom stereocenters. The molecule has 0 saturated heterocycles. The zero-order valence-corrected chi connectivity index (χ0v) is 19.1. The Kier molecular flexibility index (Phi) is 7.32. The van der Waals surface area contributed by atoms with Gasteiger partial charge in [0.25, 0.3) is 5.56 Å². The van der Waals surface area contributed by atoms with Crippen LogP contribution in [0.3, 0.4) is 0 Å². The van der Waals surface area contributed by atoms with Gasteiger partial charge < -0.3 is 19.7 Å². The maximum atomic E-state index is 12.9. The quantitative estimate of drug-likeness (QED) is 0.515. The van der Waals surface area contributed by atoms with Gasteiger partial charge in [0, 0.05) is 25.9 Å². The minimum absolute atomic E-state index is 0.0240. The van der Waals surface area contributed by atoms with Crippen molar-refractivity contribution in [2.45, 2.75) is 32.4 Å². The number of aryl methyl sites for hydroxylation is 1. The normalized spacial score (nSPS) is 12.9. The van der Waals surface area contributed by atoms with E-state index in [2.05, 4.69) is 10.4 Å². The van der Waals surface area contributed by atoms with Crippen molar-refractivity contribution in [2.24, 2.45) is 13.0 Å². The molecule has 0 bridgehead atoms. The van der Waals surface area contributed by atoms with Crippen molar-refractivity contribution in [1.82, 2.24) is 19.7 Å². The lowest BCUT2D eigenvalue weighted by Crippen LogP contribution is -2.46. The molecule has 0 radical (unpaired) electrons. The van der Waals surface area contributed by atoms with Crippen LogP contribution in [0.5, 0.6) is 5.75 Å². The maximum Gasteiger partial charge on any atom is 0.326 e. The van der Waals surface area contributed by atoms with Crippen LogP contribution >= 0.6 is 0 Å². The number of methoxy groups -OCH3 is 1. The Hall–Kier alpha value is -3.88. The molecule has 3 aromatic rings. The third-order valence-electron chi connectivity index (χ3n) is 5.47. The Bertz CT molecular complexity index is 1170. The molecule has 33 heavy (non-hydrogen) atoms. The smallest absolute Gasteiger partial charge is 0.326 e. The zero-order valence-electron chi connectivity index (χ0n) is 19.1. The topological polar surface area (TPSA) is 115 Å². The molecule has 2 aromatic heterocycles. The molecule has 2 heterocycles. The summed E-state index contributed by atoms with van der Waals surface area (Å²) in [4.78, 5) is 37.3. The lowest BCUT2D eigenvalue weighted by atomic mass is 9.99. The van der Waals surface area contributed by atoms with Crippen molar-refractivity contribution in [3.05, 3.63) is 70.9 Å². The van der Waals surface area contributed by atoms with E-state index in [4.69, 9.17) is 4.74 Å². The summed E-state index contributed by atoms with van der Waals surface area (Å²) in [5.41, 5.74) is 1.40. The van der Waals surface area contributed by atoms with Gasteiger partial charge >= 0.3 is 5.97 Å². The highest BCUT2D eigenvalue weighted by Crippen LogP contribution is 2.26. The molecule has 9 heteroatoms. The van der Waals surface area contributed by atoms with E-state index in [1.807, 2.05) is 26.0 Å². The minimum atomic E-state index is -1.12. The number of hydrogen-bond acceptors (Lipinski definition) is 5. The van der Waals surface area contributed by atoms with Crippen molar-refractivity contribution in [3.8, 4) is 16.9 Å². The van der Waals surface area contributed by atoms with Crippen LogP contribution in [-0.2, 0) is 23.1 Å². The van der Waals surface area contributed by atoms with Crippen LogP contribution in [0.2, 0.25) is 0 Å². The van der Waals surface area contributed by atoms with Gasteiger partial charge in [0.05, 0.1) is 18.9 Å². The van der Waals surface area contributed by atoms with Crippen LogP contribution < -0.4 is 15.6 Å². The predicted molar refractivity (Wildman–Crippen MR) is 123 cm³/mol. The van der Waals surface area contributed by atoms with Gasteiger partial charge in [-0.2, -0.15) is 5.10 Å². The fourth-order valence-electron chi connectivity index (χ4n) is 3.76. The van der Waals surface area contributed by atoms with Crippen LogP contribution in [0.15, 0.2) is 59.8 Å². The van der Waals surface area contributed by atoms with Gasteiger partial charge in [-0.1, -0.05) is 38.1 Å². The Labute approximate surface area is 191 Å². The first-order valence-electron chi connectivity index (χ1n) is 10.6. The Morgan fingerprint density at radius 1 is 1.15 bits per heavy atom. The van der Waals surface area contributed by atoms with Gasteiger partial charge in [-0.3, -0.25) is 9.59 Å². The van der Waals surface area contributed by atoms with E-state index in [0.29, 0.717) is 22.4 Å². The minimum Gasteiger partial charge on any atom is -0.494 e. The molecule has 0 aliphatic heterocycles. The molecule has 9 nitrogen and oxygen atoms in total. The summed E-state index contributed by atoms with van der Waals surface area (Å²) in [5.74, 6) is -1.14. The fourth-order valence-corrected chi connectivity index (χ4v) is 3.76. The number of benzene rings is 1. The summed E-state index contributed by atoms with van der Waals surface area (Å²) in [5, 5.41) is 16.3. The summed E-state index contributed by atoms with van der Waals surface area (Å²) in [6.07, 6.45) is 5.15. The van der Waals surface area contributed by atoms with E-state index in [0.717, 1.165) is 0 Å². The first-order valence-corrected chi connectivity index (χ1v) is 10.6. The van der Waals surface area contributed by atoms with E-state index >= 15 is 0 Å². The number of nitrogens with zero attached hydrogens (tertiary/aromatic N) is 3. The van der Waals surface area contributed by atoms with Crippen molar-refractivity contribution in [1.29, 1.82) is 0 Å². The third-order valence-corrected chi connectivity index (χ3v) is 5.47. The van der Waals surface area contributed by atoms with E-state index in [1.165, 1.54) is 18.0 Å². The van der Waals surface area contributed by atoms with E-state index in [9.17, 15) is 19.5 Å². The summed E-state index contributed by atoms with van der Waals surface area (Å²) in [7, 11) is 3.02. The molecule has 0 spiro atoms. The monoisotopic (exact) mass is 452 g/mol. The molecule has 0 saturated carbocycles. The Morgan fingerprint density at radius 3 is 2.33 bits per heavy atom. The number of carbonyl (C=O) groups excluding carboxylic acids is 1. The highest BCUT2D eigenvalue weighted by molar-refractivity contribution is 5.86. The second kappa shape index (κ2) is 10.2. The molecule has 0 fully saturated rings. The van der Waals surface area contributed by atoms with Crippen molar-refractivity contribution in [2.75, 3.05) is 7.11 Å². The predicted octanol–water partition coefficient (Wildman–Crippen LogP) is 2.27. The maximum absolute atomic E-state index is 12.9. The van der Waals surface area contributed by atoms with Crippen LogP contribution in [0.4, 0.5) is 0 Å². The first kappa shape index (κ1) is 23.8. The third kappa shape index (κ3) is 5.31. The number of carbonyl (C=O) groups is 2. The lowest BCUT2D eigenvalue weighted by Gasteiger charge is -2.24. The molecule has 0 aliphatic rings. The summed E-state index contributed by atoms with van der Waals surface area (Å²) in [6.45, 7) is 3.83. The average Bonchev–Trinajstić information content (AvgIpc) is 3.29. The SMILES string of the molecule is COc1cnn(C)c(=O)c1-c1ccc(CC(NC(=O)C(C(C)C)n2cccc2)C(=O)O)cc1. The van der Waals surface area contributed by atoms with Crippen molar-refractivity contribution < 1.29 is 19.4 Å². The van der Waals surface area contributed by atoms with E-state index in [-0.39, 0.29) is 23.8 Å². The lowest BCUT2D eigenvalue weighted by molar-refractivity contribution is -0.142. The van der Waals surface area contributed by atoms with Crippen molar-refractivity contribution in [3.63, 3.8) is 0 Å². The largest absolute Gasteiger partial charge is 0.494 e. The van der Waals surface area contributed by atoms with Crippen LogP contribution in [0, 0.1) is 5.92 Å². The van der Waals surface area contributed by atoms with Gasteiger partial charge in [-0.15, -0.1) is 0 Å². The van der Waals surface area contributed by atoms with Crippen molar-refractivity contribution >= 4 is 11.9 Å². The Balaban J connectivity index is 1.80. The molecular formula is C24H28N4O5. The van der Waals surface area contributed by atoms with Crippen LogP contribution in [0.1, 0.15) is 25.5 Å². The number of aliphatic carboxylic acids is 1. The molecule has 1 aromatic carbocycles. The molecule has 2 N–H and O–H groups in total. The van der Waals surface area contributed by atoms with Crippen LogP contribution in [-0.4, -0.2) is 44.5 Å². The molecule has 2 atom stereocenters. The standard InChI is InChI=1S/C24H28N4O5/c1-15(2)21(28-11-5-6-12-28)22(29)26-18(24(31)32)13-16-7-9-17(10-8-16)20-19(33-4)14-25-27(3)23(20)30/h5-12,14-15,18,21H,13H2,1-4H3,(H,26,29)(H,31,32). The van der Waals surface area contributed by atoms with Gasteiger partial charge in [-0.25, -0.2) is 9.48 Å². The molecule has 0 aliphatic carbocycles. The molecular weight excluding hydrogens is 424 g/mol. The average molecular weight is 453 g/mol. The molecule has 174 valence electrons. The number of hydrogen-bond donors (Lipinski definition) is 2. The molecule has 1 amide bonds. The highest BCUT2D eigenvalue weighted by atomic mass is 16.5. The number of rotatable bonds is 9. The second-order valence-corrected chi connectivity index (χ2v) is 8.14. The second-order valence-electron chi connectivity index (χ2n) is 8.14. The van der Waals surface area contributed by atoms with Gasteiger partial charge in [-0.05, 0) is 29.2 Å². The number of carboxylic acid groups (broad SMARTS) is 1. The molecule has 3 rings (SSSR count). The van der Waals surface area contributed by atoms with Gasteiger partial charge in [0.2, 0.25) is 5.91 Å². The first-order chi connectivity index (χ1) is 15.7. The van der Waals surface area contributed by atoms with Gasteiger partial charge in [0.15, 0.2) is 5.75 Å². The summed E-state index contributed by atoms with van der Waals surface area (Å²) < 4.78 is 8.27. The Morgan fingerprint density at radius 2 is 1.79 bits per heavy atom. The zero-order chi connectivity index (χ0) is 24.1. The van der Waals surface area contributed by atoms with Crippen LogP contribution in [0.25, 0.3) is 11.1 Å². The van der Waals surface area contributed by atoms with Gasteiger partial charge in [0.1, 0.15) is 12.1 Å². The number of carboxylic acids is 1.